The summed E-state index contributed by atoms with van der Waals surface area (Å²) in [6.07, 6.45) is 1.14. The van der Waals surface area contributed by atoms with Crippen molar-refractivity contribution in [3.8, 4) is 0 Å². The molecule has 0 saturated carbocycles. The standard InChI is InChI=1S/C13H11Cl2FN2/c1-13(17,12-5-3-9(16)7-18-12)8-2-4-10(14)11(15)6-8/h2-7H,17H2,1H3. The van der Waals surface area contributed by atoms with E-state index >= 15 is 0 Å². The largest absolute Gasteiger partial charge is 0.317 e. The first-order valence-corrected chi connectivity index (χ1v) is 6.03. The zero-order valence-corrected chi connectivity index (χ0v) is 11.1. The van der Waals surface area contributed by atoms with Gasteiger partial charge in [-0.2, -0.15) is 0 Å². The molecule has 0 aliphatic rings. The van der Waals surface area contributed by atoms with Crippen LogP contribution < -0.4 is 5.73 Å². The molecule has 2 rings (SSSR count). The quantitative estimate of drug-likeness (QED) is 0.912. The highest BCUT2D eigenvalue weighted by atomic mass is 35.5. The minimum absolute atomic E-state index is 0.399. The molecule has 0 bridgehead atoms. The third kappa shape index (κ3) is 2.48. The summed E-state index contributed by atoms with van der Waals surface area (Å²) in [4.78, 5) is 4.00. The van der Waals surface area contributed by atoms with E-state index in [4.69, 9.17) is 28.9 Å². The van der Waals surface area contributed by atoms with Gasteiger partial charge < -0.3 is 5.73 Å². The average molecular weight is 285 g/mol. The van der Waals surface area contributed by atoms with Crippen LogP contribution in [0.25, 0.3) is 0 Å². The second-order valence-electron chi connectivity index (χ2n) is 4.19. The molecule has 1 heterocycles. The number of nitrogens with zero attached hydrogens (tertiary/aromatic N) is 1. The smallest absolute Gasteiger partial charge is 0.141 e. The lowest BCUT2D eigenvalue weighted by Gasteiger charge is -2.25. The Bertz CT molecular complexity index is 568. The van der Waals surface area contributed by atoms with E-state index in [1.807, 2.05) is 0 Å². The van der Waals surface area contributed by atoms with Gasteiger partial charge in [0.05, 0.1) is 27.5 Å². The molecule has 2 N–H and O–H groups in total. The molecule has 2 nitrogen and oxygen atoms in total. The molecular formula is C13H11Cl2FN2. The maximum atomic E-state index is 12.9. The van der Waals surface area contributed by atoms with Crippen molar-refractivity contribution in [1.82, 2.24) is 4.98 Å². The SMILES string of the molecule is CC(N)(c1ccc(Cl)c(Cl)c1)c1ccc(F)cn1. The minimum atomic E-state index is -0.859. The fourth-order valence-corrected chi connectivity index (χ4v) is 1.95. The monoisotopic (exact) mass is 284 g/mol. The lowest BCUT2D eigenvalue weighted by molar-refractivity contribution is 0.568. The van der Waals surface area contributed by atoms with Gasteiger partial charge in [0.2, 0.25) is 0 Å². The van der Waals surface area contributed by atoms with Crippen LogP contribution in [-0.2, 0) is 5.54 Å². The molecule has 1 atom stereocenters. The normalized spacial score (nSPS) is 14.3. The number of halogens is 3. The highest BCUT2D eigenvalue weighted by Crippen LogP contribution is 2.30. The van der Waals surface area contributed by atoms with Crippen LogP contribution >= 0.6 is 23.2 Å². The molecule has 0 spiro atoms. The molecular weight excluding hydrogens is 274 g/mol. The Morgan fingerprint density at radius 2 is 1.89 bits per heavy atom. The predicted molar refractivity (Wildman–Crippen MR) is 71.3 cm³/mol. The number of hydrogen-bond donors (Lipinski definition) is 1. The number of hydrogen-bond acceptors (Lipinski definition) is 2. The molecule has 0 amide bonds. The molecule has 1 aromatic heterocycles. The van der Waals surface area contributed by atoms with Crippen LogP contribution in [0.1, 0.15) is 18.2 Å². The minimum Gasteiger partial charge on any atom is -0.317 e. The van der Waals surface area contributed by atoms with E-state index < -0.39 is 11.4 Å². The first kappa shape index (κ1) is 13.3. The van der Waals surface area contributed by atoms with Crippen molar-refractivity contribution in [3.05, 3.63) is 63.6 Å². The number of nitrogens with two attached hydrogens (primary N) is 1. The topological polar surface area (TPSA) is 38.9 Å². The van der Waals surface area contributed by atoms with Crippen LogP contribution in [0.2, 0.25) is 10.0 Å². The van der Waals surface area contributed by atoms with E-state index in [0.29, 0.717) is 15.7 Å². The molecule has 5 heteroatoms. The molecule has 2 aromatic rings. The van der Waals surface area contributed by atoms with Crippen LogP contribution in [0, 0.1) is 5.82 Å². The maximum absolute atomic E-state index is 12.9. The van der Waals surface area contributed by atoms with Crippen molar-refractivity contribution < 1.29 is 4.39 Å². The van der Waals surface area contributed by atoms with Crippen molar-refractivity contribution in [3.63, 3.8) is 0 Å². The zero-order valence-electron chi connectivity index (χ0n) is 9.62. The van der Waals surface area contributed by atoms with Crippen LogP contribution in [-0.4, -0.2) is 4.98 Å². The van der Waals surface area contributed by atoms with Gasteiger partial charge in [-0.3, -0.25) is 4.98 Å². The van der Waals surface area contributed by atoms with Crippen molar-refractivity contribution >= 4 is 23.2 Å². The lowest BCUT2D eigenvalue weighted by Crippen LogP contribution is -2.35. The summed E-state index contributed by atoms with van der Waals surface area (Å²) < 4.78 is 12.9. The van der Waals surface area contributed by atoms with Crippen molar-refractivity contribution in [2.24, 2.45) is 5.73 Å². The van der Waals surface area contributed by atoms with Gasteiger partial charge in [-0.15, -0.1) is 0 Å². The average Bonchev–Trinajstić information content (AvgIpc) is 2.33. The van der Waals surface area contributed by atoms with E-state index in [2.05, 4.69) is 4.98 Å². The van der Waals surface area contributed by atoms with Crippen LogP contribution in [0.5, 0.6) is 0 Å². The van der Waals surface area contributed by atoms with E-state index in [9.17, 15) is 4.39 Å². The third-order valence-corrected chi connectivity index (χ3v) is 3.52. The number of pyridine rings is 1. The van der Waals surface area contributed by atoms with Crippen molar-refractivity contribution in [1.29, 1.82) is 0 Å². The first-order valence-electron chi connectivity index (χ1n) is 5.27. The summed E-state index contributed by atoms with van der Waals surface area (Å²) in [6.45, 7) is 1.78. The maximum Gasteiger partial charge on any atom is 0.141 e. The highest BCUT2D eigenvalue weighted by Gasteiger charge is 2.25. The Hall–Kier alpha value is -1.16. The molecule has 0 fully saturated rings. The van der Waals surface area contributed by atoms with Gasteiger partial charge in [0.15, 0.2) is 0 Å². The molecule has 94 valence electrons. The lowest BCUT2D eigenvalue weighted by atomic mass is 9.89. The summed E-state index contributed by atoms with van der Waals surface area (Å²) in [5.41, 5.74) is 6.70. The van der Waals surface area contributed by atoms with Gasteiger partial charge in [0.25, 0.3) is 0 Å². The summed E-state index contributed by atoms with van der Waals surface area (Å²) in [6, 6.07) is 8.02. The fraction of sp³-hybridized carbons (Fsp3) is 0.154. The fourth-order valence-electron chi connectivity index (χ4n) is 1.65. The Morgan fingerprint density at radius 1 is 1.17 bits per heavy atom. The third-order valence-electron chi connectivity index (χ3n) is 2.78. The van der Waals surface area contributed by atoms with E-state index in [1.54, 1.807) is 31.2 Å². The van der Waals surface area contributed by atoms with Crippen LogP contribution in [0.4, 0.5) is 4.39 Å². The van der Waals surface area contributed by atoms with Gasteiger partial charge in [-0.05, 0) is 36.8 Å². The van der Waals surface area contributed by atoms with Gasteiger partial charge in [-0.25, -0.2) is 4.39 Å². The molecule has 18 heavy (non-hydrogen) atoms. The Balaban J connectivity index is 2.46. The van der Waals surface area contributed by atoms with Gasteiger partial charge in [0.1, 0.15) is 5.82 Å². The number of benzene rings is 1. The highest BCUT2D eigenvalue weighted by molar-refractivity contribution is 6.42. The van der Waals surface area contributed by atoms with Gasteiger partial charge in [0, 0.05) is 0 Å². The van der Waals surface area contributed by atoms with Crippen LogP contribution in [0.15, 0.2) is 36.5 Å². The molecule has 0 aliphatic carbocycles. The Kier molecular flexibility index (Phi) is 3.57. The molecule has 0 aliphatic heterocycles. The second kappa shape index (κ2) is 4.84. The molecule has 0 saturated heterocycles. The van der Waals surface area contributed by atoms with Crippen molar-refractivity contribution in [2.45, 2.75) is 12.5 Å². The first-order chi connectivity index (χ1) is 8.41. The molecule has 1 aromatic carbocycles. The number of rotatable bonds is 2. The van der Waals surface area contributed by atoms with E-state index in [-0.39, 0.29) is 0 Å². The number of aromatic nitrogens is 1. The zero-order chi connectivity index (χ0) is 13.3. The summed E-state index contributed by atoms with van der Waals surface area (Å²) in [7, 11) is 0. The summed E-state index contributed by atoms with van der Waals surface area (Å²) in [5.74, 6) is -0.399. The summed E-state index contributed by atoms with van der Waals surface area (Å²) >= 11 is 11.8. The van der Waals surface area contributed by atoms with Gasteiger partial charge >= 0.3 is 0 Å². The molecule has 0 radical (unpaired) electrons. The Morgan fingerprint density at radius 3 is 2.44 bits per heavy atom. The van der Waals surface area contributed by atoms with Crippen LogP contribution in [0.3, 0.4) is 0 Å². The Labute approximate surface area is 115 Å². The van der Waals surface area contributed by atoms with Crippen molar-refractivity contribution in [2.75, 3.05) is 0 Å². The van der Waals surface area contributed by atoms with Gasteiger partial charge in [-0.1, -0.05) is 29.3 Å². The summed E-state index contributed by atoms with van der Waals surface area (Å²) in [5, 5.41) is 0.885. The van der Waals surface area contributed by atoms with E-state index in [0.717, 1.165) is 11.8 Å². The van der Waals surface area contributed by atoms with E-state index in [1.165, 1.54) is 6.07 Å². The predicted octanol–water partition coefficient (Wildman–Crippen LogP) is 3.75. The molecule has 1 unspecified atom stereocenters. The second-order valence-corrected chi connectivity index (χ2v) is 5.01.